The van der Waals surface area contributed by atoms with Crippen LogP contribution in [0.15, 0.2) is 46.0 Å². The number of nitrogens with zero attached hydrogens (tertiary/aromatic N) is 4. The Hall–Kier alpha value is -1.65. The Kier molecular flexibility index (Phi) is 9.20. The monoisotopic (exact) mass is 498 g/mol. The highest BCUT2D eigenvalue weighted by Gasteiger charge is 2.19. The largest absolute Gasteiger partial charge is 0.444 e. The minimum Gasteiger partial charge on any atom is -0.444 e. The summed E-state index contributed by atoms with van der Waals surface area (Å²) in [4.78, 5) is 13.7. The van der Waals surface area contributed by atoms with Crippen molar-refractivity contribution < 1.29 is 4.42 Å². The number of benzene rings is 1. The zero-order chi connectivity index (χ0) is 19.1. The van der Waals surface area contributed by atoms with Crippen LogP contribution in [0.4, 0.5) is 0 Å². The Bertz CT molecular complexity index is 727. The first-order valence-corrected chi connectivity index (χ1v) is 9.52. The number of hydrogen-bond donors (Lipinski definition) is 2. The number of aliphatic imine (C=N–C) groups is 1. The molecule has 0 amide bonds. The molecule has 1 aliphatic heterocycles. The fourth-order valence-corrected chi connectivity index (χ4v) is 3.13. The highest BCUT2D eigenvalue weighted by molar-refractivity contribution is 14.0. The van der Waals surface area contributed by atoms with Crippen LogP contribution in [0.2, 0.25) is 0 Å². The van der Waals surface area contributed by atoms with Gasteiger partial charge in [0.25, 0.3) is 0 Å². The Morgan fingerprint density at radius 2 is 1.89 bits per heavy atom. The van der Waals surface area contributed by atoms with Gasteiger partial charge in [0.1, 0.15) is 6.26 Å². The minimum atomic E-state index is 0. The lowest BCUT2D eigenvalue weighted by Gasteiger charge is -2.36. The highest BCUT2D eigenvalue weighted by atomic mass is 127. The molecule has 2 aromatic rings. The lowest BCUT2D eigenvalue weighted by atomic mass is 10.2. The van der Waals surface area contributed by atoms with Gasteiger partial charge in [-0.15, -0.1) is 24.0 Å². The number of aromatic nitrogens is 1. The number of rotatable bonds is 6. The first-order chi connectivity index (χ1) is 13.2. The second kappa shape index (κ2) is 11.4. The van der Waals surface area contributed by atoms with E-state index in [2.05, 4.69) is 44.4 Å². The predicted octanol–water partition coefficient (Wildman–Crippen LogP) is 2.26. The number of hydrogen-bond acceptors (Lipinski definition) is 5. The molecule has 1 aliphatic rings. The van der Waals surface area contributed by atoms with Crippen molar-refractivity contribution in [2.75, 3.05) is 46.8 Å². The molecule has 154 valence electrons. The molecule has 8 heteroatoms. The lowest BCUT2D eigenvalue weighted by molar-refractivity contribution is 0.120. The van der Waals surface area contributed by atoms with Crippen LogP contribution in [0, 0.1) is 0 Å². The van der Waals surface area contributed by atoms with Crippen LogP contribution in [-0.2, 0) is 6.54 Å². The molecule has 1 saturated heterocycles. The third kappa shape index (κ3) is 6.46. The quantitative estimate of drug-likeness (QED) is 0.362. The van der Waals surface area contributed by atoms with E-state index < -0.39 is 0 Å². The fourth-order valence-electron chi connectivity index (χ4n) is 3.13. The molecular formula is C20H31IN6O. The predicted molar refractivity (Wildman–Crippen MR) is 124 cm³/mol. The van der Waals surface area contributed by atoms with Gasteiger partial charge in [-0.3, -0.25) is 9.89 Å². The molecule has 1 unspecified atom stereocenters. The summed E-state index contributed by atoms with van der Waals surface area (Å²) in [5.41, 5.74) is 1.83. The Labute approximate surface area is 184 Å². The van der Waals surface area contributed by atoms with E-state index in [-0.39, 0.29) is 24.0 Å². The molecule has 0 saturated carbocycles. The molecular weight excluding hydrogens is 467 g/mol. The van der Waals surface area contributed by atoms with Crippen molar-refractivity contribution in [1.29, 1.82) is 0 Å². The molecule has 2 N–H and O–H groups in total. The van der Waals surface area contributed by atoms with Crippen molar-refractivity contribution in [3.8, 4) is 11.5 Å². The van der Waals surface area contributed by atoms with Crippen LogP contribution in [0.25, 0.3) is 11.5 Å². The van der Waals surface area contributed by atoms with Gasteiger partial charge in [0.05, 0.1) is 12.2 Å². The summed E-state index contributed by atoms with van der Waals surface area (Å²) in [6.07, 6.45) is 1.69. The van der Waals surface area contributed by atoms with E-state index in [0.717, 1.165) is 49.9 Å². The van der Waals surface area contributed by atoms with Gasteiger partial charge in [0.15, 0.2) is 5.96 Å². The number of halogens is 1. The zero-order valence-electron chi connectivity index (χ0n) is 16.9. The second-order valence-corrected chi connectivity index (χ2v) is 7.00. The van der Waals surface area contributed by atoms with Gasteiger partial charge in [-0.1, -0.05) is 18.2 Å². The number of piperazine rings is 1. The molecule has 0 bridgehead atoms. The van der Waals surface area contributed by atoms with Gasteiger partial charge in [0.2, 0.25) is 5.89 Å². The maximum Gasteiger partial charge on any atom is 0.226 e. The van der Waals surface area contributed by atoms with E-state index in [9.17, 15) is 0 Å². The van der Waals surface area contributed by atoms with Gasteiger partial charge >= 0.3 is 0 Å². The van der Waals surface area contributed by atoms with Gasteiger partial charge in [0, 0.05) is 51.4 Å². The SMILES string of the molecule is CN=C(NCc1coc(-c2ccccc2)n1)NCC(C)N1CCN(C)CC1.I. The van der Waals surface area contributed by atoms with Crippen molar-refractivity contribution in [2.45, 2.75) is 19.5 Å². The average Bonchev–Trinajstić information content (AvgIpc) is 3.18. The summed E-state index contributed by atoms with van der Waals surface area (Å²) in [6, 6.07) is 10.4. The molecule has 1 aromatic carbocycles. The summed E-state index contributed by atoms with van der Waals surface area (Å²) in [6.45, 7) is 8.19. The number of likely N-dealkylation sites (N-methyl/N-ethyl adjacent to an activating group) is 1. The third-order valence-corrected chi connectivity index (χ3v) is 4.96. The molecule has 0 spiro atoms. The lowest BCUT2D eigenvalue weighted by Crippen LogP contribution is -2.52. The number of oxazole rings is 1. The summed E-state index contributed by atoms with van der Waals surface area (Å²) < 4.78 is 5.58. The van der Waals surface area contributed by atoms with Crippen LogP contribution in [-0.4, -0.2) is 73.6 Å². The van der Waals surface area contributed by atoms with Crippen molar-refractivity contribution in [3.05, 3.63) is 42.3 Å². The summed E-state index contributed by atoms with van der Waals surface area (Å²) >= 11 is 0. The van der Waals surface area contributed by atoms with E-state index in [1.165, 1.54) is 0 Å². The Morgan fingerprint density at radius 3 is 2.57 bits per heavy atom. The summed E-state index contributed by atoms with van der Waals surface area (Å²) in [5, 5.41) is 6.72. The second-order valence-electron chi connectivity index (χ2n) is 7.00. The summed E-state index contributed by atoms with van der Waals surface area (Å²) in [5.74, 6) is 1.42. The van der Waals surface area contributed by atoms with Crippen molar-refractivity contribution >= 4 is 29.9 Å². The van der Waals surface area contributed by atoms with Crippen LogP contribution < -0.4 is 10.6 Å². The standard InChI is InChI=1S/C20H30N6O.HI/c1-16(26-11-9-25(3)10-12-26)13-22-20(21-2)23-14-18-15-27-19(24-18)17-7-5-4-6-8-17;/h4-8,15-16H,9-14H2,1-3H3,(H2,21,22,23);1H. The topological polar surface area (TPSA) is 68.9 Å². The van der Waals surface area contributed by atoms with Gasteiger partial charge < -0.3 is 20.0 Å². The smallest absolute Gasteiger partial charge is 0.226 e. The van der Waals surface area contributed by atoms with Crippen LogP contribution in [0.5, 0.6) is 0 Å². The van der Waals surface area contributed by atoms with E-state index in [4.69, 9.17) is 4.42 Å². The van der Waals surface area contributed by atoms with Gasteiger partial charge in [-0.05, 0) is 26.1 Å². The maximum absolute atomic E-state index is 5.58. The van der Waals surface area contributed by atoms with Crippen LogP contribution >= 0.6 is 24.0 Å². The number of nitrogens with one attached hydrogen (secondary N) is 2. The van der Waals surface area contributed by atoms with Gasteiger partial charge in [-0.25, -0.2) is 4.98 Å². The number of guanidine groups is 1. The minimum absolute atomic E-state index is 0. The highest BCUT2D eigenvalue weighted by Crippen LogP contribution is 2.17. The van der Waals surface area contributed by atoms with Crippen LogP contribution in [0.1, 0.15) is 12.6 Å². The molecule has 1 fully saturated rings. The molecule has 7 nitrogen and oxygen atoms in total. The third-order valence-electron chi connectivity index (χ3n) is 4.96. The Balaban J connectivity index is 0.00000280. The molecule has 28 heavy (non-hydrogen) atoms. The first-order valence-electron chi connectivity index (χ1n) is 9.52. The van der Waals surface area contributed by atoms with Crippen molar-refractivity contribution in [1.82, 2.24) is 25.4 Å². The average molecular weight is 498 g/mol. The van der Waals surface area contributed by atoms with E-state index in [1.54, 1.807) is 13.3 Å². The van der Waals surface area contributed by atoms with E-state index in [1.807, 2.05) is 30.3 Å². The zero-order valence-corrected chi connectivity index (χ0v) is 19.2. The molecule has 2 heterocycles. The first kappa shape index (κ1) is 22.6. The van der Waals surface area contributed by atoms with Crippen molar-refractivity contribution in [2.24, 2.45) is 4.99 Å². The van der Waals surface area contributed by atoms with Crippen LogP contribution in [0.3, 0.4) is 0 Å². The van der Waals surface area contributed by atoms with E-state index >= 15 is 0 Å². The normalized spacial score (nSPS) is 17.0. The Morgan fingerprint density at radius 1 is 1.18 bits per heavy atom. The fraction of sp³-hybridized carbons (Fsp3) is 0.500. The molecule has 1 aromatic heterocycles. The molecule has 0 aliphatic carbocycles. The van der Waals surface area contributed by atoms with Crippen molar-refractivity contribution in [3.63, 3.8) is 0 Å². The molecule has 3 rings (SSSR count). The van der Waals surface area contributed by atoms with E-state index in [0.29, 0.717) is 18.5 Å². The van der Waals surface area contributed by atoms with Gasteiger partial charge in [-0.2, -0.15) is 0 Å². The summed E-state index contributed by atoms with van der Waals surface area (Å²) in [7, 11) is 3.97. The maximum atomic E-state index is 5.58. The molecule has 0 radical (unpaired) electrons. The molecule has 1 atom stereocenters.